The normalized spacial score (nSPS) is 12.3. The van der Waals surface area contributed by atoms with E-state index >= 15 is 0 Å². The first kappa shape index (κ1) is 15.0. The lowest BCUT2D eigenvalue weighted by Gasteiger charge is -2.10. The molecule has 0 saturated carbocycles. The number of carboxylic acid groups (broad SMARTS) is 1. The maximum Gasteiger partial charge on any atom is 0.303 e. The van der Waals surface area contributed by atoms with Crippen LogP contribution in [0.25, 0.3) is 0 Å². The van der Waals surface area contributed by atoms with Gasteiger partial charge in [0.2, 0.25) is 0 Å². The van der Waals surface area contributed by atoms with E-state index in [0.717, 1.165) is 0 Å². The van der Waals surface area contributed by atoms with Gasteiger partial charge in [0, 0.05) is 24.9 Å². The lowest BCUT2D eigenvalue weighted by molar-refractivity contribution is -0.138. The summed E-state index contributed by atoms with van der Waals surface area (Å²) < 4.78 is 28.6. The highest BCUT2D eigenvalue weighted by Crippen LogP contribution is 2.16. The molecular weight excluding hydrogens is 282 g/mol. The van der Waals surface area contributed by atoms with Gasteiger partial charge in [0.25, 0.3) is 0 Å². The van der Waals surface area contributed by atoms with Gasteiger partial charge >= 0.3 is 5.97 Å². The van der Waals surface area contributed by atoms with Crippen LogP contribution in [0, 0.1) is 17.6 Å². The Morgan fingerprint density at radius 1 is 1.38 bits per heavy atom. The molecule has 1 unspecified atom stereocenters. The smallest absolute Gasteiger partial charge is 0.303 e. The number of halogens is 2. The minimum Gasteiger partial charge on any atom is -0.481 e. The molecule has 0 spiro atoms. The lowest BCUT2D eigenvalue weighted by Crippen LogP contribution is -2.16. The fraction of sp³-hybridized carbons (Fsp3) is 0.385. The minimum absolute atomic E-state index is 0.0344. The van der Waals surface area contributed by atoms with Crippen LogP contribution < -0.4 is 0 Å². The van der Waals surface area contributed by atoms with E-state index in [2.05, 4.69) is 15.5 Å². The van der Waals surface area contributed by atoms with Gasteiger partial charge in [-0.05, 0) is 28.5 Å². The predicted molar refractivity (Wildman–Crippen MR) is 68.4 cm³/mol. The second-order valence-electron chi connectivity index (χ2n) is 4.86. The molecule has 0 saturated heterocycles. The lowest BCUT2D eigenvalue weighted by atomic mass is 10.1. The molecule has 0 aliphatic heterocycles. The van der Waals surface area contributed by atoms with Crippen molar-refractivity contribution in [3.63, 3.8) is 0 Å². The highest BCUT2D eigenvalue weighted by Gasteiger charge is 2.16. The van der Waals surface area contributed by atoms with Crippen molar-refractivity contribution in [2.24, 2.45) is 5.92 Å². The average molecular weight is 296 g/mol. The molecule has 21 heavy (non-hydrogen) atoms. The summed E-state index contributed by atoms with van der Waals surface area (Å²) in [6.07, 6.45) is -0.126. The number of nitrogens with zero attached hydrogens (tertiary/aromatic N) is 4. The fourth-order valence-corrected chi connectivity index (χ4v) is 2.01. The monoisotopic (exact) mass is 296 g/mol. The van der Waals surface area contributed by atoms with Crippen LogP contribution in [0.3, 0.4) is 0 Å². The van der Waals surface area contributed by atoms with Gasteiger partial charge in [-0.15, -0.1) is 5.10 Å². The summed E-state index contributed by atoms with van der Waals surface area (Å²) >= 11 is 0. The topological polar surface area (TPSA) is 80.9 Å². The molecule has 0 bridgehead atoms. The molecule has 8 heteroatoms. The van der Waals surface area contributed by atoms with Crippen molar-refractivity contribution in [3.05, 3.63) is 41.2 Å². The largest absolute Gasteiger partial charge is 0.481 e. The summed E-state index contributed by atoms with van der Waals surface area (Å²) in [5, 5.41) is 19.7. The Labute approximate surface area is 119 Å². The number of carbonyl (C=O) groups is 1. The SMILES string of the molecule is CC(CC(=O)O)Cn1nnnc1Cc1c(F)cccc1F. The van der Waals surface area contributed by atoms with Gasteiger partial charge in [-0.1, -0.05) is 13.0 Å². The molecule has 0 fully saturated rings. The van der Waals surface area contributed by atoms with Crippen molar-refractivity contribution >= 4 is 5.97 Å². The van der Waals surface area contributed by atoms with Gasteiger partial charge in [-0.25, -0.2) is 13.5 Å². The summed E-state index contributed by atoms with van der Waals surface area (Å²) in [5.41, 5.74) is -0.112. The summed E-state index contributed by atoms with van der Waals surface area (Å²) in [4.78, 5) is 10.6. The number of hydrogen-bond acceptors (Lipinski definition) is 4. The van der Waals surface area contributed by atoms with Crippen LogP contribution in [-0.2, 0) is 17.8 Å². The van der Waals surface area contributed by atoms with E-state index in [1.807, 2.05) is 0 Å². The maximum atomic E-state index is 13.6. The Balaban J connectivity index is 2.15. The van der Waals surface area contributed by atoms with Crippen LogP contribution in [0.5, 0.6) is 0 Å². The summed E-state index contributed by atoms with van der Waals surface area (Å²) in [7, 11) is 0. The van der Waals surface area contributed by atoms with Crippen LogP contribution in [0.2, 0.25) is 0 Å². The molecule has 2 aromatic rings. The molecule has 112 valence electrons. The number of hydrogen-bond donors (Lipinski definition) is 1. The standard InChI is InChI=1S/C13H14F2N4O2/c1-8(5-13(20)21)7-19-12(16-17-18-19)6-9-10(14)3-2-4-11(9)15/h2-4,8H,5-7H2,1H3,(H,20,21). The molecule has 0 aliphatic rings. The minimum atomic E-state index is -0.919. The van der Waals surface area contributed by atoms with E-state index in [4.69, 9.17) is 5.11 Å². The van der Waals surface area contributed by atoms with Crippen molar-refractivity contribution in [1.29, 1.82) is 0 Å². The zero-order valence-corrected chi connectivity index (χ0v) is 11.3. The molecule has 1 heterocycles. The van der Waals surface area contributed by atoms with E-state index in [1.165, 1.54) is 22.9 Å². The van der Waals surface area contributed by atoms with E-state index in [0.29, 0.717) is 0 Å². The van der Waals surface area contributed by atoms with Gasteiger partial charge in [0.15, 0.2) is 5.82 Å². The number of tetrazole rings is 1. The molecule has 0 aliphatic carbocycles. The Bertz CT molecular complexity index is 625. The molecule has 1 aromatic heterocycles. The average Bonchev–Trinajstić information content (AvgIpc) is 2.80. The van der Waals surface area contributed by atoms with Crippen molar-refractivity contribution in [2.75, 3.05) is 0 Å². The molecule has 0 radical (unpaired) electrons. The first-order valence-electron chi connectivity index (χ1n) is 6.37. The van der Waals surface area contributed by atoms with Gasteiger partial charge in [0.05, 0.1) is 0 Å². The Kier molecular flexibility index (Phi) is 4.56. The van der Waals surface area contributed by atoms with E-state index in [1.54, 1.807) is 6.92 Å². The van der Waals surface area contributed by atoms with E-state index < -0.39 is 17.6 Å². The first-order valence-corrected chi connectivity index (χ1v) is 6.37. The third-order valence-corrected chi connectivity index (χ3v) is 3.01. The fourth-order valence-electron chi connectivity index (χ4n) is 2.01. The molecule has 1 atom stereocenters. The number of carboxylic acids is 1. The molecule has 2 rings (SSSR count). The zero-order valence-electron chi connectivity index (χ0n) is 11.3. The second kappa shape index (κ2) is 6.38. The highest BCUT2D eigenvalue weighted by molar-refractivity contribution is 5.66. The first-order chi connectivity index (χ1) is 9.97. The van der Waals surface area contributed by atoms with Gasteiger partial charge in [-0.2, -0.15) is 0 Å². The highest BCUT2D eigenvalue weighted by atomic mass is 19.1. The van der Waals surface area contributed by atoms with Crippen molar-refractivity contribution < 1.29 is 18.7 Å². The summed E-state index contributed by atoms with van der Waals surface area (Å²) in [6.45, 7) is 2.01. The quantitative estimate of drug-likeness (QED) is 0.876. The van der Waals surface area contributed by atoms with Crippen molar-refractivity contribution in [1.82, 2.24) is 20.2 Å². The van der Waals surface area contributed by atoms with E-state index in [9.17, 15) is 13.6 Å². The molecule has 1 aromatic carbocycles. The number of rotatable bonds is 6. The maximum absolute atomic E-state index is 13.6. The number of aromatic nitrogens is 4. The molecule has 1 N–H and O–H groups in total. The van der Waals surface area contributed by atoms with Crippen LogP contribution >= 0.6 is 0 Å². The van der Waals surface area contributed by atoms with E-state index in [-0.39, 0.29) is 36.7 Å². The Hall–Kier alpha value is -2.38. The Morgan fingerprint density at radius 2 is 2.05 bits per heavy atom. The summed E-state index contributed by atoms with van der Waals surface area (Å²) in [6, 6.07) is 3.62. The van der Waals surface area contributed by atoms with Crippen LogP contribution in [0.1, 0.15) is 24.7 Å². The second-order valence-corrected chi connectivity index (χ2v) is 4.86. The van der Waals surface area contributed by atoms with Crippen LogP contribution in [0.15, 0.2) is 18.2 Å². The molecule has 0 amide bonds. The number of benzene rings is 1. The van der Waals surface area contributed by atoms with Crippen molar-refractivity contribution in [2.45, 2.75) is 26.3 Å². The number of aliphatic carboxylic acids is 1. The summed E-state index contributed by atoms with van der Waals surface area (Å²) in [5.74, 6) is -2.16. The molecule has 6 nitrogen and oxygen atoms in total. The third-order valence-electron chi connectivity index (χ3n) is 3.01. The van der Waals surface area contributed by atoms with Crippen LogP contribution in [0.4, 0.5) is 8.78 Å². The van der Waals surface area contributed by atoms with Gasteiger partial charge < -0.3 is 5.11 Å². The van der Waals surface area contributed by atoms with Crippen molar-refractivity contribution in [3.8, 4) is 0 Å². The Morgan fingerprint density at radius 3 is 2.67 bits per heavy atom. The van der Waals surface area contributed by atoms with Crippen LogP contribution in [-0.4, -0.2) is 31.3 Å². The van der Waals surface area contributed by atoms with Gasteiger partial charge in [0.1, 0.15) is 11.6 Å². The van der Waals surface area contributed by atoms with Gasteiger partial charge in [-0.3, -0.25) is 4.79 Å². The molecular formula is C13H14F2N4O2. The predicted octanol–water partition coefficient (Wildman–Crippen LogP) is 1.65. The zero-order chi connectivity index (χ0) is 15.4. The third kappa shape index (κ3) is 3.80.